The molecule has 0 bridgehead atoms. The lowest BCUT2D eigenvalue weighted by Crippen LogP contribution is -2.38. The summed E-state index contributed by atoms with van der Waals surface area (Å²) < 4.78 is 6.06. The first-order valence-electron chi connectivity index (χ1n) is 5.98. The molecule has 4 heteroatoms. The Labute approximate surface area is 118 Å². The van der Waals surface area contributed by atoms with Gasteiger partial charge in [-0.2, -0.15) is 0 Å². The fraction of sp³-hybridized carbons (Fsp3) is 0.286. The molecule has 92 valence electrons. The molecule has 2 aliphatic rings. The van der Waals surface area contributed by atoms with Gasteiger partial charge in [-0.3, -0.25) is 0 Å². The minimum Gasteiger partial charge on any atom is -0.493 e. The van der Waals surface area contributed by atoms with E-state index in [4.69, 9.17) is 4.74 Å². The Bertz CT molecular complexity index is 566. The summed E-state index contributed by atoms with van der Waals surface area (Å²) >= 11 is 1.87. The summed E-state index contributed by atoms with van der Waals surface area (Å²) in [7, 11) is 4.00. The SMILES string of the molecule is c1csc(C23SSCC2COc2ccccc23)c1. The van der Waals surface area contributed by atoms with Crippen molar-refractivity contribution in [1.29, 1.82) is 0 Å². The minimum atomic E-state index is 0.119. The van der Waals surface area contributed by atoms with Gasteiger partial charge in [0.15, 0.2) is 0 Å². The van der Waals surface area contributed by atoms with Gasteiger partial charge in [-0.25, -0.2) is 0 Å². The van der Waals surface area contributed by atoms with Crippen LogP contribution in [0.4, 0.5) is 0 Å². The van der Waals surface area contributed by atoms with Crippen molar-refractivity contribution in [2.24, 2.45) is 5.92 Å². The monoisotopic (exact) mass is 292 g/mol. The van der Waals surface area contributed by atoms with E-state index in [1.807, 2.05) is 32.9 Å². The molecule has 0 saturated carbocycles. The predicted octanol–water partition coefficient (Wildman–Crippen LogP) is 4.40. The number of ether oxygens (including phenoxy) is 1. The van der Waals surface area contributed by atoms with Crippen LogP contribution in [-0.2, 0) is 4.75 Å². The molecule has 0 N–H and O–H groups in total. The lowest BCUT2D eigenvalue weighted by Gasteiger charge is -2.38. The Morgan fingerprint density at radius 3 is 3.00 bits per heavy atom. The van der Waals surface area contributed by atoms with Crippen LogP contribution in [0.2, 0.25) is 0 Å². The standard InChI is InChI=1S/C14H12OS3/c1-2-5-12-11(4-1)14(13-6-3-7-16-13)10(8-15-12)9-17-18-14/h1-7,10H,8-9H2. The van der Waals surface area contributed by atoms with E-state index in [-0.39, 0.29) is 4.75 Å². The summed E-state index contributed by atoms with van der Waals surface area (Å²) in [6.45, 7) is 0.842. The molecule has 0 spiro atoms. The third-order valence-electron chi connectivity index (χ3n) is 3.65. The number of hydrogen-bond donors (Lipinski definition) is 0. The van der Waals surface area contributed by atoms with Gasteiger partial charge in [0.05, 0.1) is 11.4 Å². The van der Waals surface area contributed by atoms with E-state index in [0.29, 0.717) is 5.92 Å². The second kappa shape index (κ2) is 4.22. The Morgan fingerprint density at radius 1 is 1.17 bits per heavy atom. The molecule has 2 atom stereocenters. The number of benzene rings is 1. The third-order valence-corrected chi connectivity index (χ3v) is 8.03. The summed E-state index contributed by atoms with van der Waals surface area (Å²) in [5.41, 5.74) is 1.36. The van der Waals surface area contributed by atoms with Crippen LogP contribution in [0.3, 0.4) is 0 Å². The molecule has 1 aromatic carbocycles. The molecule has 1 aromatic heterocycles. The van der Waals surface area contributed by atoms with Gasteiger partial charge in [-0.05, 0) is 17.5 Å². The topological polar surface area (TPSA) is 9.23 Å². The second-order valence-corrected chi connectivity index (χ2v) is 8.12. The number of para-hydroxylation sites is 1. The lowest BCUT2D eigenvalue weighted by atomic mass is 9.83. The fourth-order valence-corrected chi connectivity index (χ4v) is 7.89. The summed E-state index contributed by atoms with van der Waals surface area (Å²) in [4.78, 5) is 1.47. The summed E-state index contributed by atoms with van der Waals surface area (Å²) in [6, 6.07) is 13.0. The second-order valence-electron chi connectivity index (χ2n) is 4.58. The van der Waals surface area contributed by atoms with Crippen molar-refractivity contribution in [1.82, 2.24) is 0 Å². The van der Waals surface area contributed by atoms with Crippen molar-refractivity contribution in [3.63, 3.8) is 0 Å². The van der Waals surface area contributed by atoms with Crippen LogP contribution in [0.1, 0.15) is 10.4 Å². The van der Waals surface area contributed by atoms with Crippen LogP contribution in [-0.4, -0.2) is 12.4 Å². The van der Waals surface area contributed by atoms with Crippen LogP contribution in [0.25, 0.3) is 0 Å². The Kier molecular flexibility index (Phi) is 2.64. The number of hydrogen-bond acceptors (Lipinski definition) is 4. The van der Waals surface area contributed by atoms with E-state index < -0.39 is 0 Å². The van der Waals surface area contributed by atoms with E-state index in [0.717, 1.165) is 12.4 Å². The van der Waals surface area contributed by atoms with Gasteiger partial charge in [0.25, 0.3) is 0 Å². The molecular weight excluding hydrogens is 280 g/mol. The maximum Gasteiger partial charge on any atom is 0.124 e. The smallest absolute Gasteiger partial charge is 0.124 e. The van der Waals surface area contributed by atoms with Gasteiger partial charge in [-0.15, -0.1) is 11.3 Å². The highest BCUT2D eigenvalue weighted by Gasteiger charge is 2.52. The zero-order valence-electron chi connectivity index (χ0n) is 9.67. The zero-order valence-corrected chi connectivity index (χ0v) is 12.1. The van der Waals surface area contributed by atoms with Crippen LogP contribution in [0.15, 0.2) is 41.8 Å². The van der Waals surface area contributed by atoms with Gasteiger partial charge in [0.2, 0.25) is 0 Å². The molecular formula is C14H12OS3. The number of rotatable bonds is 1. The molecule has 18 heavy (non-hydrogen) atoms. The lowest BCUT2D eigenvalue weighted by molar-refractivity contribution is 0.213. The normalized spacial score (nSPS) is 29.4. The van der Waals surface area contributed by atoms with E-state index >= 15 is 0 Å². The molecule has 0 aliphatic carbocycles. The molecule has 3 heterocycles. The van der Waals surface area contributed by atoms with E-state index in [1.54, 1.807) is 0 Å². The highest BCUT2D eigenvalue weighted by Crippen LogP contribution is 2.64. The maximum atomic E-state index is 5.94. The Hall–Kier alpha value is -0.580. The van der Waals surface area contributed by atoms with Crippen LogP contribution < -0.4 is 4.74 Å². The molecule has 4 rings (SSSR count). The van der Waals surface area contributed by atoms with Crippen molar-refractivity contribution in [3.05, 3.63) is 52.2 Å². The number of thiophene rings is 1. The molecule has 1 saturated heterocycles. The average molecular weight is 292 g/mol. The van der Waals surface area contributed by atoms with E-state index in [1.165, 1.54) is 16.2 Å². The Balaban J connectivity index is 1.98. The zero-order chi connectivity index (χ0) is 12.0. The largest absolute Gasteiger partial charge is 0.493 e. The van der Waals surface area contributed by atoms with Crippen LogP contribution >= 0.6 is 32.9 Å². The molecule has 2 aromatic rings. The van der Waals surface area contributed by atoms with Crippen molar-refractivity contribution < 1.29 is 4.74 Å². The van der Waals surface area contributed by atoms with Crippen molar-refractivity contribution in [2.45, 2.75) is 4.75 Å². The summed E-state index contributed by atoms with van der Waals surface area (Å²) in [6.07, 6.45) is 0. The maximum absolute atomic E-state index is 5.94. The van der Waals surface area contributed by atoms with Crippen molar-refractivity contribution in [2.75, 3.05) is 12.4 Å². The fourth-order valence-electron chi connectivity index (χ4n) is 2.78. The van der Waals surface area contributed by atoms with Gasteiger partial charge in [-0.1, -0.05) is 45.9 Å². The summed E-state index contributed by atoms with van der Waals surface area (Å²) in [5, 5.41) is 2.18. The van der Waals surface area contributed by atoms with E-state index in [2.05, 4.69) is 41.8 Å². The third kappa shape index (κ3) is 1.43. The Morgan fingerprint density at radius 2 is 2.11 bits per heavy atom. The highest BCUT2D eigenvalue weighted by atomic mass is 33.1. The van der Waals surface area contributed by atoms with Gasteiger partial charge >= 0.3 is 0 Å². The summed E-state index contributed by atoms with van der Waals surface area (Å²) in [5.74, 6) is 2.83. The first kappa shape index (κ1) is 11.3. The van der Waals surface area contributed by atoms with Crippen LogP contribution in [0, 0.1) is 5.92 Å². The van der Waals surface area contributed by atoms with Gasteiger partial charge in [0, 0.05) is 22.1 Å². The molecule has 1 fully saturated rings. The predicted molar refractivity (Wildman–Crippen MR) is 80.6 cm³/mol. The quantitative estimate of drug-likeness (QED) is 0.721. The van der Waals surface area contributed by atoms with Crippen molar-refractivity contribution in [3.8, 4) is 5.75 Å². The molecule has 2 unspecified atom stereocenters. The molecule has 0 amide bonds. The number of fused-ring (bicyclic) bond motifs is 3. The van der Waals surface area contributed by atoms with E-state index in [9.17, 15) is 0 Å². The first-order chi connectivity index (χ1) is 8.91. The first-order valence-corrected chi connectivity index (χ1v) is 9.18. The molecule has 1 nitrogen and oxygen atoms in total. The average Bonchev–Trinajstić information content (AvgIpc) is 3.08. The molecule has 2 aliphatic heterocycles. The van der Waals surface area contributed by atoms with Gasteiger partial charge in [0.1, 0.15) is 5.75 Å². The highest BCUT2D eigenvalue weighted by molar-refractivity contribution is 8.77. The van der Waals surface area contributed by atoms with Crippen molar-refractivity contribution >= 4 is 32.9 Å². The van der Waals surface area contributed by atoms with Crippen LogP contribution in [0.5, 0.6) is 5.75 Å². The molecule has 0 radical (unpaired) electrons. The minimum absolute atomic E-state index is 0.119. The van der Waals surface area contributed by atoms with Gasteiger partial charge < -0.3 is 4.74 Å².